The lowest BCUT2D eigenvalue weighted by Crippen LogP contribution is -2.24. The van der Waals surface area contributed by atoms with Gasteiger partial charge in [-0.15, -0.1) is 0 Å². The Hall–Kier alpha value is -2.95. The Bertz CT molecular complexity index is 1160. The van der Waals surface area contributed by atoms with Gasteiger partial charge in [-0.05, 0) is 48.2 Å². The number of aromatic nitrogens is 1. The van der Waals surface area contributed by atoms with E-state index in [0.717, 1.165) is 10.9 Å². The Balaban J connectivity index is 1.88. The van der Waals surface area contributed by atoms with Crippen molar-refractivity contribution in [2.45, 2.75) is 18.4 Å². The highest BCUT2D eigenvalue weighted by atomic mass is 32.2. The van der Waals surface area contributed by atoms with Crippen LogP contribution < -0.4 is 10.3 Å². The molecule has 1 heterocycles. The Morgan fingerprint density at radius 2 is 1.92 bits per heavy atom. The highest BCUT2D eigenvalue weighted by Gasteiger charge is 2.17. The minimum absolute atomic E-state index is 0.0431. The summed E-state index contributed by atoms with van der Waals surface area (Å²) >= 11 is 0. The van der Waals surface area contributed by atoms with E-state index in [2.05, 4.69) is 9.71 Å². The van der Waals surface area contributed by atoms with Gasteiger partial charge in [0, 0.05) is 17.6 Å². The first-order valence-electron chi connectivity index (χ1n) is 7.52. The summed E-state index contributed by atoms with van der Waals surface area (Å²) in [5.41, 5.74) is 1.98. The molecule has 6 nitrogen and oxygen atoms in total. The first-order chi connectivity index (χ1) is 11.9. The second-order valence-electron chi connectivity index (χ2n) is 5.64. The summed E-state index contributed by atoms with van der Waals surface area (Å²) in [6, 6.07) is 15.0. The molecule has 7 heteroatoms. The summed E-state index contributed by atoms with van der Waals surface area (Å²) < 4.78 is 27.4. The highest BCUT2D eigenvalue weighted by molar-refractivity contribution is 7.89. The molecule has 0 radical (unpaired) electrons. The first kappa shape index (κ1) is 16.9. The van der Waals surface area contributed by atoms with E-state index in [1.54, 1.807) is 37.3 Å². The van der Waals surface area contributed by atoms with Crippen LogP contribution in [0.3, 0.4) is 0 Å². The molecule has 0 amide bonds. The number of rotatable bonds is 4. The van der Waals surface area contributed by atoms with E-state index in [1.807, 2.05) is 12.1 Å². The SMILES string of the molecule is Cc1cc2cc(CNS(=O)(=O)c3ccccc3C#N)ccc2[nH]c1=O. The van der Waals surface area contributed by atoms with Gasteiger partial charge in [0.2, 0.25) is 10.0 Å². The van der Waals surface area contributed by atoms with E-state index < -0.39 is 10.0 Å². The van der Waals surface area contributed by atoms with Crippen LogP contribution >= 0.6 is 0 Å². The molecule has 0 saturated heterocycles. The van der Waals surface area contributed by atoms with E-state index >= 15 is 0 Å². The monoisotopic (exact) mass is 353 g/mol. The number of nitriles is 1. The molecular weight excluding hydrogens is 338 g/mol. The van der Waals surface area contributed by atoms with Gasteiger partial charge >= 0.3 is 0 Å². The number of aryl methyl sites for hydroxylation is 1. The van der Waals surface area contributed by atoms with Crippen molar-refractivity contribution < 1.29 is 8.42 Å². The Kier molecular flexibility index (Phi) is 4.40. The fourth-order valence-electron chi connectivity index (χ4n) is 2.52. The summed E-state index contributed by atoms with van der Waals surface area (Å²) in [5, 5.41) is 9.89. The van der Waals surface area contributed by atoms with Crippen molar-refractivity contribution in [1.29, 1.82) is 5.26 Å². The van der Waals surface area contributed by atoms with E-state index in [9.17, 15) is 13.2 Å². The molecule has 0 bridgehead atoms. The van der Waals surface area contributed by atoms with Crippen LogP contribution in [0, 0.1) is 18.3 Å². The van der Waals surface area contributed by atoms with Crippen molar-refractivity contribution in [3.63, 3.8) is 0 Å². The number of H-pyrrole nitrogens is 1. The van der Waals surface area contributed by atoms with Crippen LogP contribution in [0.4, 0.5) is 0 Å². The molecular formula is C18H15N3O3S. The number of sulfonamides is 1. The fourth-order valence-corrected chi connectivity index (χ4v) is 3.70. The van der Waals surface area contributed by atoms with Crippen molar-refractivity contribution in [3.8, 4) is 6.07 Å². The molecule has 0 atom stereocenters. The van der Waals surface area contributed by atoms with E-state index in [-0.39, 0.29) is 22.6 Å². The third-order valence-electron chi connectivity index (χ3n) is 3.86. The lowest BCUT2D eigenvalue weighted by molar-refractivity contribution is 0.581. The third-order valence-corrected chi connectivity index (χ3v) is 5.32. The van der Waals surface area contributed by atoms with Crippen LogP contribution in [0.5, 0.6) is 0 Å². The lowest BCUT2D eigenvalue weighted by Gasteiger charge is -2.09. The van der Waals surface area contributed by atoms with Crippen molar-refractivity contribution >= 4 is 20.9 Å². The highest BCUT2D eigenvalue weighted by Crippen LogP contribution is 2.17. The normalized spacial score (nSPS) is 11.4. The molecule has 1 aromatic heterocycles. The van der Waals surface area contributed by atoms with Crippen molar-refractivity contribution in [2.24, 2.45) is 0 Å². The average molecular weight is 353 g/mol. The van der Waals surface area contributed by atoms with Gasteiger partial charge in [0.05, 0.1) is 10.5 Å². The van der Waals surface area contributed by atoms with Crippen molar-refractivity contribution in [1.82, 2.24) is 9.71 Å². The van der Waals surface area contributed by atoms with Gasteiger partial charge in [0.1, 0.15) is 6.07 Å². The minimum Gasteiger partial charge on any atom is -0.322 e. The molecule has 0 aliphatic heterocycles. The summed E-state index contributed by atoms with van der Waals surface area (Å²) in [4.78, 5) is 14.3. The number of hydrogen-bond acceptors (Lipinski definition) is 4. The molecule has 0 aliphatic carbocycles. The molecule has 0 aliphatic rings. The van der Waals surface area contributed by atoms with Crippen LogP contribution in [0.2, 0.25) is 0 Å². The molecule has 2 N–H and O–H groups in total. The first-order valence-corrected chi connectivity index (χ1v) is 9.00. The van der Waals surface area contributed by atoms with Gasteiger partial charge in [0.15, 0.2) is 0 Å². The molecule has 0 saturated carbocycles. The number of hydrogen-bond donors (Lipinski definition) is 2. The van der Waals surface area contributed by atoms with Gasteiger partial charge in [-0.1, -0.05) is 18.2 Å². The maximum absolute atomic E-state index is 12.4. The van der Waals surface area contributed by atoms with Crippen LogP contribution in [0.1, 0.15) is 16.7 Å². The zero-order valence-corrected chi connectivity index (χ0v) is 14.2. The van der Waals surface area contributed by atoms with Crippen molar-refractivity contribution in [2.75, 3.05) is 0 Å². The molecule has 25 heavy (non-hydrogen) atoms. The van der Waals surface area contributed by atoms with Crippen LogP contribution in [-0.4, -0.2) is 13.4 Å². The van der Waals surface area contributed by atoms with Gasteiger partial charge in [-0.2, -0.15) is 5.26 Å². The van der Waals surface area contributed by atoms with E-state index in [0.29, 0.717) is 11.1 Å². The number of aromatic amines is 1. The molecule has 3 rings (SSSR count). The summed E-state index contributed by atoms with van der Waals surface area (Å²) in [5.74, 6) is 0. The maximum atomic E-state index is 12.4. The quantitative estimate of drug-likeness (QED) is 0.750. The van der Waals surface area contributed by atoms with Crippen LogP contribution in [0.15, 0.2) is 58.2 Å². The summed E-state index contributed by atoms with van der Waals surface area (Å²) in [6.07, 6.45) is 0. The molecule has 0 fully saturated rings. The van der Waals surface area contributed by atoms with Gasteiger partial charge in [-0.3, -0.25) is 4.79 Å². The Morgan fingerprint density at radius 1 is 1.16 bits per heavy atom. The fraction of sp³-hybridized carbons (Fsp3) is 0.111. The van der Waals surface area contributed by atoms with Crippen LogP contribution in [-0.2, 0) is 16.6 Å². The summed E-state index contributed by atoms with van der Waals surface area (Å²) in [7, 11) is -3.80. The number of fused-ring (bicyclic) bond motifs is 1. The zero-order chi connectivity index (χ0) is 18.0. The summed E-state index contributed by atoms with van der Waals surface area (Å²) in [6.45, 7) is 1.79. The predicted octanol–water partition coefficient (Wildman–Crippen LogP) is 2.19. The van der Waals surface area contributed by atoms with Gasteiger partial charge in [-0.25, -0.2) is 13.1 Å². The maximum Gasteiger partial charge on any atom is 0.251 e. The second-order valence-corrected chi connectivity index (χ2v) is 7.37. The van der Waals surface area contributed by atoms with Gasteiger partial charge in [0.25, 0.3) is 5.56 Å². The standard InChI is InChI=1S/C18H15N3O3S/c1-12-8-15-9-13(6-7-16(15)21-18(12)22)11-20-25(23,24)17-5-3-2-4-14(17)10-19/h2-9,20H,11H2,1H3,(H,21,22). The topological polar surface area (TPSA) is 103 Å². The van der Waals surface area contributed by atoms with E-state index in [1.165, 1.54) is 12.1 Å². The second kappa shape index (κ2) is 6.51. The number of nitrogens with zero attached hydrogens (tertiary/aromatic N) is 1. The largest absolute Gasteiger partial charge is 0.322 e. The lowest BCUT2D eigenvalue weighted by atomic mass is 10.1. The molecule has 3 aromatic rings. The Labute approximate surface area is 144 Å². The number of nitrogens with one attached hydrogen (secondary N) is 2. The van der Waals surface area contributed by atoms with Crippen LogP contribution in [0.25, 0.3) is 10.9 Å². The zero-order valence-electron chi connectivity index (χ0n) is 13.4. The predicted molar refractivity (Wildman–Crippen MR) is 94.5 cm³/mol. The molecule has 0 spiro atoms. The van der Waals surface area contributed by atoms with Gasteiger partial charge < -0.3 is 4.98 Å². The third kappa shape index (κ3) is 3.45. The van der Waals surface area contributed by atoms with E-state index in [4.69, 9.17) is 5.26 Å². The number of benzene rings is 2. The molecule has 126 valence electrons. The van der Waals surface area contributed by atoms with Crippen molar-refractivity contribution in [3.05, 3.63) is 75.6 Å². The Morgan fingerprint density at radius 3 is 2.68 bits per heavy atom. The molecule has 2 aromatic carbocycles. The number of pyridine rings is 1. The molecule has 0 unspecified atom stereocenters. The smallest absolute Gasteiger partial charge is 0.251 e. The minimum atomic E-state index is -3.80. The average Bonchev–Trinajstić information content (AvgIpc) is 2.61.